The number of aryl methyl sites for hydroxylation is 1. The summed E-state index contributed by atoms with van der Waals surface area (Å²) in [6.07, 6.45) is 5.51. The van der Waals surface area contributed by atoms with E-state index in [4.69, 9.17) is 0 Å². The smallest absolute Gasteiger partial charge is 0.223 e. The topological polar surface area (TPSA) is 74.8 Å². The molecule has 3 atom stereocenters. The highest BCUT2D eigenvalue weighted by Crippen LogP contribution is 2.38. The van der Waals surface area contributed by atoms with Crippen molar-refractivity contribution >= 4 is 38.5 Å². The Morgan fingerprint density at radius 1 is 1.23 bits per heavy atom. The first kappa shape index (κ1) is 20.8. The molecule has 1 saturated carbocycles. The lowest BCUT2D eigenvalue weighted by atomic mass is 9.96. The average molecular weight is 468 g/mol. The van der Waals surface area contributed by atoms with E-state index in [0.717, 1.165) is 40.2 Å². The first-order valence-corrected chi connectivity index (χ1v) is 11.3. The molecule has 5 nitrogen and oxygen atoms in total. The summed E-state index contributed by atoms with van der Waals surface area (Å²) in [4.78, 5) is 25.4. The monoisotopic (exact) mass is 467 g/mol. The van der Waals surface area contributed by atoms with E-state index in [9.17, 15) is 9.59 Å². The quantitative estimate of drug-likeness (QED) is 0.517. The molecule has 2 N–H and O–H groups in total. The summed E-state index contributed by atoms with van der Waals surface area (Å²) >= 11 is 3.51. The van der Waals surface area contributed by atoms with Gasteiger partial charge in [-0.05, 0) is 61.8 Å². The Morgan fingerprint density at radius 2 is 2.03 bits per heavy atom. The molecule has 0 radical (unpaired) electrons. The van der Waals surface area contributed by atoms with Gasteiger partial charge in [-0.25, -0.2) is 0 Å². The molecule has 2 aromatic carbocycles. The molecule has 3 aromatic rings. The van der Waals surface area contributed by atoms with Crippen LogP contribution in [0.4, 0.5) is 0 Å². The van der Waals surface area contributed by atoms with Gasteiger partial charge in [0.25, 0.3) is 0 Å². The first-order valence-electron chi connectivity index (χ1n) is 10.5. The zero-order chi connectivity index (χ0) is 21.1. The number of aromatic nitrogens is 2. The molecule has 6 heteroatoms. The number of Topliss-reactive ketones (excluding diaryl/α,β-unsaturated/α-hetero) is 1. The highest BCUT2D eigenvalue weighted by molar-refractivity contribution is 9.10. The molecule has 1 aliphatic rings. The van der Waals surface area contributed by atoms with Crippen molar-refractivity contribution in [3.8, 4) is 0 Å². The van der Waals surface area contributed by atoms with Gasteiger partial charge >= 0.3 is 0 Å². The number of amides is 1. The van der Waals surface area contributed by atoms with Gasteiger partial charge in [-0.15, -0.1) is 0 Å². The Labute approximate surface area is 184 Å². The van der Waals surface area contributed by atoms with Gasteiger partial charge in [0.1, 0.15) is 0 Å². The third-order valence-electron chi connectivity index (χ3n) is 6.15. The minimum Gasteiger partial charge on any atom is -0.346 e. The number of hydrogen-bond donors (Lipinski definition) is 2. The van der Waals surface area contributed by atoms with E-state index in [0.29, 0.717) is 18.8 Å². The van der Waals surface area contributed by atoms with Gasteiger partial charge in [-0.2, -0.15) is 5.10 Å². The van der Waals surface area contributed by atoms with Crippen LogP contribution in [0.2, 0.25) is 0 Å². The van der Waals surface area contributed by atoms with Gasteiger partial charge in [0.2, 0.25) is 5.91 Å². The first-order chi connectivity index (χ1) is 14.5. The number of aromatic amines is 1. The van der Waals surface area contributed by atoms with Crippen LogP contribution in [0.25, 0.3) is 10.9 Å². The summed E-state index contributed by atoms with van der Waals surface area (Å²) in [6.45, 7) is 1.79. The molecule has 0 spiro atoms. The molecule has 0 aliphatic heterocycles. The predicted molar refractivity (Wildman–Crippen MR) is 121 cm³/mol. The van der Waals surface area contributed by atoms with Gasteiger partial charge in [0, 0.05) is 22.2 Å². The highest BCUT2D eigenvalue weighted by Gasteiger charge is 2.31. The zero-order valence-electron chi connectivity index (χ0n) is 17.0. The second-order valence-corrected chi connectivity index (χ2v) is 9.13. The van der Waals surface area contributed by atoms with Crippen molar-refractivity contribution in [2.75, 3.05) is 0 Å². The number of nitrogens with zero attached hydrogens (tertiary/aromatic N) is 1. The fraction of sp³-hybridized carbons (Fsp3) is 0.375. The third kappa shape index (κ3) is 4.64. The second kappa shape index (κ2) is 9.13. The molecule has 0 bridgehead atoms. The number of hydrogen-bond acceptors (Lipinski definition) is 3. The summed E-state index contributed by atoms with van der Waals surface area (Å²) in [7, 11) is 0. The van der Waals surface area contributed by atoms with E-state index >= 15 is 0 Å². The minimum atomic E-state index is -0.474. The number of nitrogens with one attached hydrogen (secondary N) is 2. The van der Waals surface area contributed by atoms with Crippen molar-refractivity contribution in [2.24, 2.45) is 5.92 Å². The molecule has 1 aliphatic carbocycles. The lowest BCUT2D eigenvalue weighted by molar-refractivity contribution is -0.129. The Morgan fingerprint density at radius 3 is 2.83 bits per heavy atom. The maximum Gasteiger partial charge on any atom is 0.223 e. The minimum absolute atomic E-state index is 0.00713. The van der Waals surface area contributed by atoms with E-state index in [2.05, 4.69) is 43.6 Å². The predicted octanol–water partition coefficient (Wildman–Crippen LogP) is 4.92. The van der Waals surface area contributed by atoms with Crippen LogP contribution >= 0.6 is 15.9 Å². The molecular weight excluding hydrogens is 442 g/mol. The maximum absolute atomic E-state index is 12.7. The Hall–Kier alpha value is -2.47. The largest absolute Gasteiger partial charge is 0.346 e. The summed E-state index contributed by atoms with van der Waals surface area (Å²) < 4.78 is 0.967. The maximum atomic E-state index is 12.7. The van der Waals surface area contributed by atoms with Crippen LogP contribution in [0.1, 0.15) is 49.7 Å². The average Bonchev–Trinajstić information content (AvgIpc) is 3.42. The number of carbonyl (C=O) groups excluding carboxylic acids is 2. The van der Waals surface area contributed by atoms with E-state index in [1.165, 1.54) is 5.56 Å². The molecule has 1 fully saturated rings. The Balaban J connectivity index is 1.30. The number of halogens is 1. The van der Waals surface area contributed by atoms with Gasteiger partial charge in [0.15, 0.2) is 5.78 Å². The summed E-state index contributed by atoms with van der Waals surface area (Å²) in [5.74, 6) is 0.475. The number of H-pyrrole nitrogens is 1. The van der Waals surface area contributed by atoms with E-state index in [1.807, 2.05) is 30.3 Å². The Bertz CT molecular complexity index is 1050. The molecule has 1 aromatic heterocycles. The van der Waals surface area contributed by atoms with Crippen LogP contribution in [-0.4, -0.2) is 27.9 Å². The van der Waals surface area contributed by atoms with Crippen LogP contribution in [0, 0.1) is 5.92 Å². The van der Waals surface area contributed by atoms with Gasteiger partial charge in [-0.1, -0.05) is 46.3 Å². The number of carbonyl (C=O) groups is 2. The number of fused-ring (bicyclic) bond motifs is 1. The molecule has 30 heavy (non-hydrogen) atoms. The molecule has 1 amide bonds. The van der Waals surface area contributed by atoms with Gasteiger partial charge in [-0.3, -0.25) is 14.7 Å². The summed E-state index contributed by atoms with van der Waals surface area (Å²) in [6, 6.07) is 13.9. The van der Waals surface area contributed by atoms with Crippen molar-refractivity contribution in [1.29, 1.82) is 0 Å². The van der Waals surface area contributed by atoms with E-state index in [1.54, 1.807) is 13.1 Å². The fourth-order valence-electron chi connectivity index (χ4n) is 4.42. The zero-order valence-corrected chi connectivity index (χ0v) is 18.6. The van der Waals surface area contributed by atoms with Crippen molar-refractivity contribution in [3.63, 3.8) is 0 Å². The van der Waals surface area contributed by atoms with Crippen LogP contribution in [-0.2, 0) is 16.0 Å². The lowest BCUT2D eigenvalue weighted by Crippen LogP contribution is -2.41. The van der Waals surface area contributed by atoms with Crippen molar-refractivity contribution in [2.45, 2.75) is 51.0 Å². The SMILES string of the molecule is C[C@H](NC(=O)[C@@H]1CC[C@@H](c2ccccc2)C1)C(=O)CCc1cc(Br)cc2cn[nH]c12. The number of ketones is 1. The van der Waals surface area contributed by atoms with Gasteiger partial charge < -0.3 is 5.32 Å². The van der Waals surface area contributed by atoms with Crippen molar-refractivity contribution in [3.05, 3.63) is 64.3 Å². The lowest BCUT2D eigenvalue weighted by Gasteiger charge is -2.17. The molecule has 4 rings (SSSR count). The fourth-order valence-corrected chi connectivity index (χ4v) is 4.94. The summed E-state index contributed by atoms with van der Waals surface area (Å²) in [5.41, 5.74) is 3.31. The van der Waals surface area contributed by atoms with Crippen LogP contribution < -0.4 is 5.32 Å². The van der Waals surface area contributed by atoms with Crippen molar-refractivity contribution in [1.82, 2.24) is 15.5 Å². The number of benzene rings is 2. The second-order valence-electron chi connectivity index (χ2n) is 8.21. The Kier molecular flexibility index (Phi) is 6.32. The summed E-state index contributed by atoms with van der Waals surface area (Å²) in [5, 5.41) is 11.1. The molecule has 0 saturated heterocycles. The van der Waals surface area contributed by atoms with E-state index in [-0.39, 0.29) is 17.6 Å². The molecule has 0 unspecified atom stereocenters. The van der Waals surface area contributed by atoms with Crippen LogP contribution in [0.3, 0.4) is 0 Å². The van der Waals surface area contributed by atoms with Crippen LogP contribution in [0.15, 0.2) is 53.1 Å². The van der Waals surface area contributed by atoms with Gasteiger partial charge in [0.05, 0.1) is 17.8 Å². The van der Waals surface area contributed by atoms with E-state index < -0.39 is 6.04 Å². The molecule has 1 heterocycles. The standard InChI is InChI=1S/C24H26BrN3O2/c1-15(22(29)10-9-18-12-21(25)13-20-14-26-28-23(18)20)27-24(30)19-8-7-17(11-19)16-5-3-2-4-6-16/h2-6,12-15,17,19H,7-11H2,1H3,(H,26,28)(H,27,30)/t15-,17+,19+/m0/s1. The van der Waals surface area contributed by atoms with Crippen molar-refractivity contribution < 1.29 is 9.59 Å². The normalized spacial score (nSPS) is 19.7. The number of rotatable bonds is 7. The third-order valence-corrected chi connectivity index (χ3v) is 6.61. The van der Waals surface area contributed by atoms with Crippen LogP contribution in [0.5, 0.6) is 0 Å². The highest BCUT2D eigenvalue weighted by atomic mass is 79.9. The molecular formula is C24H26BrN3O2. The molecule has 156 valence electrons.